The van der Waals surface area contributed by atoms with Crippen LogP contribution < -0.4 is 10.2 Å². The zero-order chi connectivity index (χ0) is 20.9. The number of nitrogens with zero attached hydrogens (tertiary/aromatic N) is 6. The number of carbonyl (C=O) groups excluding carboxylic acids is 1. The molecule has 0 atom stereocenters. The normalized spacial score (nSPS) is 14.8. The van der Waals surface area contributed by atoms with Crippen LogP contribution in [-0.2, 0) is 11.8 Å². The summed E-state index contributed by atoms with van der Waals surface area (Å²) in [7, 11) is 1.88. The van der Waals surface area contributed by atoms with Gasteiger partial charge in [-0.15, -0.1) is 18.3 Å². The molecule has 1 aliphatic heterocycles. The third kappa shape index (κ3) is 4.47. The van der Waals surface area contributed by atoms with E-state index in [0.717, 1.165) is 59.4 Å². The summed E-state index contributed by atoms with van der Waals surface area (Å²) in [4.78, 5) is 26.9. The summed E-state index contributed by atoms with van der Waals surface area (Å²) in [5.74, 6) is 1.72. The second-order valence-electron chi connectivity index (χ2n) is 7.11. The predicted octanol–water partition coefficient (Wildman–Crippen LogP) is 2.40. The molecule has 3 aromatic rings. The van der Waals surface area contributed by atoms with Gasteiger partial charge in [-0.3, -0.25) is 14.4 Å². The number of rotatable bonds is 7. The van der Waals surface area contributed by atoms with E-state index in [0.29, 0.717) is 6.54 Å². The second kappa shape index (κ2) is 9.27. The van der Waals surface area contributed by atoms with Crippen LogP contribution in [0.1, 0.15) is 0 Å². The number of aryl methyl sites for hydroxylation is 1. The number of nitrogens with one attached hydrogen (secondary N) is 1. The standard InChI is InChI=1S/C21H25N7OS/c1-3-12-30-18-7-5-4-6-17(18)25-19(29)14-27-8-10-28(11-9-27)21-16-13-24-26(2)20(16)22-15-23-21/h3-7,13,15H,1,8-12,14H2,2H3,(H,25,29). The largest absolute Gasteiger partial charge is 0.353 e. The molecule has 30 heavy (non-hydrogen) atoms. The first-order valence-electron chi connectivity index (χ1n) is 9.88. The Bertz CT molecular complexity index is 1040. The molecular formula is C21H25N7OS. The van der Waals surface area contributed by atoms with Gasteiger partial charge in [-0.25, -0.2) is 9.97 Å². The Balaban J connectivity index is 1.34. The van der Waals surface area contributed by atoms with Gasteiger partial charge >= 0.3 is 0 Å². The van der Waals surface area contributed by atoms with Crippen molar-refractivity contribution < 1.29 is 4.79 Å². The Kier molecular flexibility index (Phi) is 6.29. The van der Waals surface area contributed by atoms with E-state index in [2.05, 4.69) is 36.8 Å². The summed E-state index contributed by atoms with van der Waals surface area (Å²) in [6.07, 6.45) is 5.26. The van der Waals surface area contributed by atoms with E-state index >= 15 is 0 Å². The maximum atomic E-state index is 12.6. The average Bonchev–Trinajstić information content (AvgIpc) is 3.15. The number of fused-ring (bicyclic) bond motifs is 1. The van der Waals surface area contributed by atoms with Crippen LogP contribution in [0.2, 0.25) is 0 Å². The molecule has 1 saturated heterocycles. The smallest absolute Gasteiger partial charge is 0.238 e. The minimum atomic E-state index is 0.00629. The molecule has 156 valence electrons. The number of para-hydroxylation sites is 1. The van der Waals surface area contributed by atoms with Gasteiger partial charge in [-0.1, -0.05) is 18.2 Å². The molecule has 8 nitrogen and oxygen atoms in total. The van der Waals surface area contributed by atoms with Crippen LogP contribution in [0.15, 0.2) is 54.3 Å². The molecule has 0 unspecified atom stereocenters. The van der Waals surface area contributed by atoms with Crippen molar-refractivity contribution in [3.05, 3.63) is 49.4 Å². The Morgan fingerprint density at radius 2 is 2.03 bits per heavy atom. The zero-order valence-corrected chi connectivity index (χ0v) is 17.8. The molecule has 2 aromatic heterocycles. The van der Waals surface area contributed by atoms with Crippen molar-refractivity contribution in [2.24, 2.45) is 7.05 Å². The second-order valence-corrected chi connectivity index (χ2v) is 8.17. The Morgan fingerprint density at radius 3 is 2.83 bits per heavy atom. The van der Waals surface area contributed by atoms with E-state index < -0.39 is 0 Å². The van der Waals surface area contributed by atoms with Gasteiger partial charge in [0.25, 0.3) is 0 Å². The maximum Gasteiger partial charge on any atom is 0.238 e. The minimum Gasteiger partial charge on any atom is -0.353 e. The first-order chi connectivity index (χ1) is 14.7. The Morgan fingerprint density at radius 1 is 1.23 bits per heavy atom. The number of piperazine rings is 1. The van der Waals surface area contributed by atoms with E-state index in [-0.39, 0.29) is 5.91 Å². The molecule has 4 rings (SSSR count). The first kappa shape index (κ1) is 20.4. The summed E-state index contributed by atoms with van der Waals surface area (Å²) < 4.78 is 1.76. The van der Waals surface area contributed by atoms with Gasteiger partial charge in [-0.05, 0) is 12.1 Å². The van der Waals surface area contributed by atoms with Crippen molar-refractivity contribution in [1.29, 1.82) is 0 Å². The third-order valence-corrected chi connectivity index (χ3v) is 6.13. The lowest BCUT2D eigenvalue weighted by atomic mass is 10.2. The van der Waals surface area contributed by atoms with Crippen molar-refractivity contribution in [2.45, 2.75) is 4.90 Å². The Hall–Kier alpha value is -2.91. The van der Waals surface area contributed by atoms with E-state index in [1.165, 1.54) is 0 Å². The van der Waals surface area contributed by atoms with Gasteiger partial charge in [0.15, 0.2) is 5.65 Å². The summed E-state index contributed by atoms with van der Waals surface area (Å²) in [6, 6.07) is 7.87. The third-order valence-electron chi connectivity index (χ3n) is 5.07. The van der Waals surface area contributed by atoms with Gasteiger partial charge in [-0.2, -0.15) is 5.10 Å². The summed E-state index contributed by atoms with van der Waals surface area (Å²) in [5.41, 5.74) is 1.68. The van der Waals surface area contributed by atoms with Gasteiger partial charge in [0.05, 0.1) is 23.8 Å². The van der Waals surface area contributed by atoms with Crippen LogP contribution in [0.25, 0.3) is 11.0 Å². The predicted molar refractivity (Wildman–Crippen MR) is 121 cm³/mol. The average molecular weight is 424 g/mol. The van der Waals surface area contributed by atoms with Crippen LogP contribution in [0.5, 0.6) is 0 Å². The summed E-state index contributed by atoms with van der Waals surface area (Å²) in [5, 5.41) is 8.30. The lowest BCUT2D eigenvalue weighted by Gasteiger charge is -2.35. The number of aromatic nitrogens is 4. The SMILES string of the molecule is C=CCSc1ccccc1NC(=O)CN1CCN(c2ncnc3c2cnn3C)CC1. The zero-order valence-electron chi connectivity index (χ0n) is 17.0. The van der Waals surface area contributed by atoms with E-state index in [9.17, 15) is 4.79 Å². The highest BCUT2D eigenvalue weighted by atomic mass is 32.2. The first-order valence-corrected chi connectivity index (χ1v) is 10.9. The number of hydrogen-bond acceptors (Lipinski definition) is 7. The number of anilines is 2. The Labute approximate surface area is 180 Å². The van der Waals surface area contributed by atoms with E-state index in [4.69, 9.17) is 0 Å². The van der Waals surface area contributed by atoms with Crippen LogP contribution in [0.3, 0.4) is 0 Å². The minimum absolute atomic E-state index is 0.00629. The molecule has 1 aliphatic rings. The van der Waals surface area contributed by atoms with E-state index in [1.54, 1.807) is 22.8 Å². The highest BCUT2D eigenvalue weighted by molar-refractivity contribution is 7.99. The molecular weight excluding hydrogens is 398 g/mol. The van der Waals surface area contributed by atoms with Crippen molar-refractivity contribution in [3.63, 3.8) is 0 Å². The molecule has 1 fully saturated rings. The van der Waals surface area contributed by atoms with Gasteiger partial charge in [0, 0.05) is 43.9 Å². The molecule has 1 amide bonds. The molecule has 9 heteroatoms. The highest BCUT2D eigenvalue weighted by Crippen LogP contribution is 2.27. The molecule has 0 radical (unpaired) electrons. The molecule has 0 spiro atoms. The fourth-order valence-corrected chi connectivity index (χ4v) is 4.30. The van der Waals surface area contributed by atoms with Crippen molar-refractivity contribution in [3.8, 4) is 0 Å². The van der Waals surface area contributed by atoms with Crippen molar-refractivity contribution >= 4 is 40.2 Å². The lowest BCUT2D eigenvalue weighted by Crippen LogP contribution is -2.49. The van der Waals surface area contributed by atoms with Crippen LogP contribution in [0.4, 0.5) is 11.5 Å². The summed E-state index contributed by atoms with van der Waals surface area (Å²) in [6.45, 7) is 7.34. The quantitative estimate of drug-likeness (QED) is 0.462. The van der Waals surface area contributed by atoms with Crippen molar-refractivity contribution in [1.82, 2.24) is 24.6 Å². The van der Waals surface area contributed by atoms with Gasteiger partial charge < -0.3 is 10.2 Å². The van der Waals surface area contributed by atoms with Crippen LogP contribution >= 0.6 is 11.8 Å². The van der Waals surface area contributed by atoms with E-state index in [1.807, 2.05) is 43.6 Å². The van der Waals surface area contributed by atoms with Crippen LogP contribution in [-0.4, -0.2) is 69.0 Å². The van der Waals surface area contributed by atoms with Crippen molar-refractivity contribution in [2.75, 3.05) is 48.7 Å². The molecule has 0 saturated carbocycles. The fraction of sp³-hybridized carbons (Fsp3) is 0.333. The monoisotopic (exact) mass is 423 g/mol. The molecule has 0 bridgehead atoms. The lowest BCUT2D eigenvalue weighted by molar-refractivity contribution is -0.117. The number of benzene rings is 1. The maximum absolute atomic E-state index is 12.6. The molecule has 1 N–H and O–H groups in total. The number of carbonyl (C=O) groups is 1. The van der Waals surface area contributed by atoms with Gasteiger partial charge in [0.1, 0.15) is 12.1 Å². The highest BCUT2D eigenvalue weighted by Gasteiger charge is 2.22. The number of thioether (sulfide) groups is 1. The number of amides is 1. The topological polar surface area (TPSA) is 79.2 Å². The molecule has 3 heterocycles. The van der Waals surface area contributed by atoms with Crippen LogP contribution in [0, 0.1) is 0 Å². The number of hydrogen-bond donors (Lipinski definition) is 1. The summed E-state index contributed by atoms with van der Waals surface area (Å²) >= 11 is 1.66. The fourth-order valence-electron chi connectivity index (χ4n) is 3.56. The molecule has 0 aliphatic carbocycles. The molecule has 1 aromatic carbocycles. The van der Waals surface area contributed by atoms with Gasteiger partial charge in [0.2, 0.25) is 5.91 Å².